The second kappa shape index (κ2) is 6.24. The molecule has 1 aromatic heterocycles. The summed E-state index contributed by atoms with van der Waals surface area (Å²) in [6, 6.07) is 1.74. The molecule has 0 spiro atoms. The lowest BCUT2D eigenvalue weighted by molar-refractivity contribution is 0.372. The van der Waals surface area contributed by atoms with Crippen LogP contribution < -0.4 is 20.5 Å². The Kier molecular flexibility index (Phi) is 4.96. The summed E-state index contributed by atoms with van der Waals surface area (Å²) in [7, 11) is 3.10. The summed E-state index contributed by atoms with van der Waals surface area (Å²) in [5.74, 6) is 1.77. The van der Waals surface area contributed by atoms with E-state index < -0.39 is 0 Å². The maximum Gasteiger partial charge on any atom is 0.229 e. The number of hydrogen-bond acceptors (Lipinski definition) is 6. The summed E-state index contributed by atoms with van der Waals surface area (Å²) in [5, 5.41) is 3.17. The fourth-order valence-electron chi connectivity index (χ4n) is 1.34. The molecule has 0 fully saturated rings. The lowest BCUT2D eigenvalue weighted by Crippen LogP contribution is -2.34. The number of hydrogen-bond donors (Lipinski definition) is 2. The van der Waals surface area contributed by atoms with Crippen molar-refractivity contribution in [2.75, 3.05) is 26.1 Å². The Hall–Kier alpha value is -1.56. The molecular weight excluding hydrogens is 220 g/mol. The maximum atomic E-state index is 5.68. The largest absolute Gasteiger partial charge is 0.481 e. The van der Waals surface area contributed by atoms with Gasteiger partial charge in [0, 0.05) is 12.6 Å². The molecule has 0 radical (unpaired) electrons. The number of rotatable bonds is 6. The van der Waals surface area contributed by atoms with E-state index in [1.54, 1.807) is 20.3 Å². The summed E-state index contributed by atoms with van der Waals surface area (Å²) >= 11 is 0. The lowest BCUT2D eigenvalue weighted by atomic mass is 10.1. The van der Waals surface area contributed by atoms with Crippen LogP contribution in [-0.4, -0.2) is 36.8 Å². The zero-order chi connectivity index (χ0) is 12.8. The van der Waals surface area contributed by atoms with E-state index in [1.165, 1.54) is 0 Å². The van der Waals surface area contributed by atoms with Gasteiger partial charge >= 0.3 is 0 Å². The Balaban J connectivity index is 2.89. The molecule has 1 aromatic rings. The third-order valence-electron chi connectivity index (χ3n) is 2.47. The summed E-state index contributed by atoms with van der Waals surface area (Å²) < 4.78 is 10.1. The average Bonchev–Trinajstić information content (AvgIpc) is 2.34. The van der Waals surface area contributed by atoms with Gasteiger partial charge in [-0.2, -0.15) is 9.97 Å². The highest BCUT2D eigenvalue weighted by Gasteiger charge is 2.14. The molecule has 1 unspecified atom stereocenters. The maximum absolute atomic E-state index is 5.68. The number of nitrogens with two attached hydrogens (primary N) is 1. The SMILES string of the molecule is COc1cc(OC)nc(NC(CN)C(C)C)n1. The summed E-state index contributed by atoms with van der Waals surface area (Å²) in [4.78, 5) is 8.38. The van der Waals surface area contributed by atoms with E-state index >= 15 is 0 Å². The molecule has 6 heteroatoms. The minimum atomic E-state index is 0.117. The molecule has 3 N–H and O–H groups in total. The first-order valence-electron chi connectivity index (χ1n) is 5.54. The van der Waals surface area contributed by atoms with Gasteiger partial charge in [0.15, 0.2) is 0 Å². The van der Waals surface area contributed by atoms with E-state index in [-0.39, 0.29) is 6.04 Å². The van der Waals surface area contributed by atoms with Crippen LogP contribution in [0.5, 0.6) is 11.8 Å². The van der Waals surface area contributed by atoms with Crippen LogP contribution in [0.4, 0.5) is 5.95 Å². The number of aromatic nitrogens is 2. The molecule has 1 heterocycles. The normalized spacial score (nSPS) is 12.4. The monoisotopic (exact) mass is 240 g/mol. The molecule has 6 nitrogen and oxygen atoms in total. The summed E-state index contributed by atoms with van der Waals surface area (Å²) in [6.07, 6.45) is 0. The second-order valence-electron chi connectivity index (χ2n) is 4.01. The first-order valence-corrected chi connectivity index (χ1v) is 5.54. The first kappa shape index (κ1) is 13.5. The van der Waals surface area contributed by atoms with Gasteiger partial charge in [0.05, 0.1) is 20.3 Å². The Bertz CT molecular complexity index is 335. The highest BCUT2D eigenvalue weighted by molar-refractivity contribution is 5.34. The van der Waals surface area contributed by atoms with Gasteiger partial charge in [-0.25, -0.2) is 0 Å². The lowest BCUT2D eigenvalue weighted by Gasteiger charge is -2.20. The average molecular weight is 240 g/mol. The molecule has 0 aliphatic rings. The molecule has 0 saturated carbocycles. The van der Waals surface area contributed by atoms with Crippen LogP contribution in [-0.2, 0) is 0 Å². The van der Waals surface area contributed by atoms with Crippen LogP contribution in [0.15, 0.2) is 6.07 Å². The number of anilines is 1. The number of ether oxygens (including phenoxy) is 2. The second-order valence-corrected chi connectivity index (χ2v) is 4.01. The highest BCUT2D eigenvalue weighted by atomic mass is 16.5. The molecule has 0 aliphatic heterocycles. The molecule has 0 aliphatic carbocycles. The van der Waals surface area contributed by atoms with Crippen molar-refractivity contribution in [3.63, 3.8) is 0 Å². The van der Waals surface area contributed by atoms with Gasteiger partial charge in [-0.15, -0.1) is 0 Å². The van der Waals surface area contributed by atoms with E-state index in [1.807, 2.05) is 0 Å². The minimum Gasteiger partial charge on any atom is -0.481 e. The molecule has 1 rings (SSSR count). The summed E-state index contributed by atoms with van der Waals surface area (Å²) in [6.45, 7) is 4.68. The van der Waals surface area contributed by atoms with Crippen molar-refractivity contribution in [3.05, 3.63) is 6.07 Å². The quantitative estimate of drug-likeness (QED) is 0.768. The predicted octanol–water partition coefficient (Wildman–Crippen LogP) is 0.889. The van der Waals surface area contributed by atoms with Crippen molar-refractivity contribution in [2.45, 2.75) is 19.9 Å². The topological polar surface area (TPSA) is 82.3 Å². The van der Waals surface area contributed by atoms with Gasteiger partial charge in [0.25, 0.3) is 0 Å². The zero-order valence-corrected chi connectivity index (χ0v) is 10.7. The number of nitrogens with one attached hydrogen (secondary N) is 1. The zero-order valence-electron chi connectivity index (χ0n) is 10.7. The standard InChI is InChI=1S/C11H20N4O2/c1-7(2)8(6-12)13-11-14-9(16-3)5-10(15-11)17-4/h5,7-8H,6,12H2,1-4H3,(H,13,14,15). The van der Waals surface area contributed by atoms with Gasteiger partial charge in [-0.3, -0.25) is 0 Å². The fraction of sp³-hybridized carbons (Fsp3) is 0.636. The van der Waals surface area contributed by atoms with E-state index in [0.717, 1.165) is 0 Å². The van der Waals surface area contributed by atoms with Gasteiger partial charge in [0.1, 0.15) is 0 Å². The van der Waals surface area contributed by atoms with Gasteiger partial charge < -0.3 is 20.5 Å². The van der Waals surface area contributed by atoms with Crippen LogP contribution in [0.25, 0.3) is 0 Å². The van der Waals surface area contributed by atoms with Crippen molar-refractivity contribution >= 4 is 5.95 Å². The highest BCUT2D eigenvalue weighted by Crippen LogP contribution is 2.18. The first-order chi connectivity index (χ1) is 8.10. The molecule has 0 bridgehead atoms. The molecular formula is C11H20N4O2. The van der Waals surface area contributed by atoms with Crippen LogP contribution in [0.3, 0.4) is 0 Å². The van der Waals surface area contributed by atoms with Crippen molar-refractivity contribution in [3.8, 4) is 11.8 Å². The van der Waals surface area contributed by atoms with Gasteiger partial charge in [-0.05, 0) is 5.92 Å². The molecule has 1 atom stereocenters. The predicted molar refractivity (Wildman–Crippen MR) is 66.4 cm³/mol. The third-order valence-corrected chi connectivity index (χ3v) is 2.47. The number of methoxy groups -OCH3 is 2. The van der Waals surface area contributed by atoms with Crippen LogP contribution in [0.2, 0.25) is 0 Å². The van der Waals surface area contributed by atoms with Crippen molar-refractivity contribution < 1.29 is 9.47 Å². The summed E-state index contributed by atoms with van der Waals surface area (Å²) in [5.41, 5.74) is 5.68. The van der Waals surface area contributed by atoms with Gasteiger partial charge in [-0.1, -0.05) is 13.8 Å². The Morgan fingerprint density at radius 3 is 2.12 bits per heavy atom. The van der Waals surface area contributed by atoms with E-state index in [2.05, 4.69) is 29.1 Å². The van der Waals surface area contributed by atoms with Crippen molar-refractivity contribution in [1.82, 2.24) is 9.97 Å². The van der Waals surface area contributed by atoms with E-state index in [0.29, 0.717) is 30.2 Å². The van der Waals surface area contributed by atoms with Crippen LogP contribution in [0, 0.1) is 5.92 Å². The smallest absolute Gasteiger partial charge is 0.229 e. The molecule has 0 aromatic carbocycles. The van der Waals surface area contributed by atoms with Crippen molar-refractivity contribution in [2.24, 2.45) is 11.7 Å². The Labute approximate surface area is 102 Å². The minimum absolute atomic E-state index is 0.117. The molecule has 0 amide bonds. The molecule has 96 valence electrons. The van der Waals surface area contributed by atoms with Crippen LogP contribution in [0.1, 0.15) is 13.8 Å². The van der Waals surface area contributed by atoms with Gasteiger partial charge in [0.2, 0.25) is 17.7 Å². The van der Waals surface area contributed by atoms with E-state index in [4.69, 9.17) is 15.2 Å². The molecule has 17 heavy (non-hydrogen) atoms. The Morgan fingerprint density at radius 2 is 1.76 bits per heavy atom. The van der Waals surface area contributed by atoms with E-state index in [9.17, 15) is 0 Å². The third kappa shape index (κ3) is 3.74. The Morgan fingerprint density at radius 1 is 1.24 bits per heavy atom. The fourth-order valence-corrected chi connectivity index (χ4v) is 1.34. The number of nitrogens with zero attached hydrogens (tertiary/aromatic N) is 2. The van der Waals surface area contributed by atoms with Crippen molar-refractivity contribution in [1.29, 1.82) is 0 Å². The van der Waals surface area contributed by atoms with Crippen LogP contribution >= 0.6 is 0 Å². The molecule has 0 saturated heterocycles.